The Balaban J connectivity index is 1.57. The number of nitrogens with zero attached hydrogens (tertiary/aromatic N) is 1. The molecule has 2 heterocycles. The number of hydrogen-bond donors (Lipinski definition) is 0. The maximum atomic E-state index is 14.9. The van der Waals surface area contributed by atoms with Crippen LogP contribution < -0.4 is 19.1 Å². The molecule has 7 rings (SSSR count). The van der Waals surface area contributed by atoms with Gasteiger partial charge in [-0.3, -0.25) is 14.4 Å². The Labute approximate surface area is 253 Å². The lowest BCUT2D eigenvalue weighted by Crippen LogP contribution is -2.48. The molecule has 1 aliphatic carbocycles. The minimum absolute atomic E-state index is 0.306. The van der Waals surface area contributed by atoms with Gasteiger partial charge in [0, 0.05) is 39.4 Å². The summed E-state index contributed by atoms with van der Waals surface area (Å²) in [4.78, 5) is 46.4. The van der Waals surface area contributed by atoms with Gasteiger partial charge < -0.3 is 19.1 Å². The number of benzene rings is 4. The summed E-state index contributed by atoms with van der Waals surface area (Å²) in [6, 6.07) is 21.0. The summed E-state index contributed by atoms with van der Waals surface area (Å²) in [7, 11) is 4.57. The molecule has 3 atom stereocenters. The van der Waals surface area contributed by atoms with Gasteiger partial charge in [-0.1, -0.05) is 36.4 Å². The lowest BCUT2D eigenvalue weighted by molar-refractivity contribution is 0.0664. The second kappa shape index (κ2) is 10.2. The lowest BCUT2D eigenvalue weighted by atomic mass is 9.64. The fourth-order valence-electron chi connectivity index (χ4n) is 7.30. The van der Waals surface area contributed by atoms with E-state index >= 15 is 0 Å². The first-order valence-electron chi connectivity index (χ1n) is 14.2. The van der Waals surface area contributed by atoms with E-state index in [2.05, 4.69) is 0 Å². The van der Waals surface area contributed by atoms with Crippen LogP contribution in [-0.2, 0) is 0 Å². The highest BCUT2D eigenvalue weighted by Crippen LogP contribution is 2.62. The van der Waals surface area contributed by atoms with Crippen molar-refractivity contribution in [1.29, 1.82) is 0 Å². The van der Waals surface area contributed by atoms with Gasteiger partial charge in [0.05, 0.1) is 27.4 Å². The molecule has 4 aromatic carbocycles. The van der Waals surface area contributed by atoms with Crippen LogP contribution in [0.5, 0.6) is 17.2 Å². The minimum atomic E-state index is -1.74. The Hall–Kier alpha value is -5.24. The van der Waals surface area contributed by atoms with Crippen molar-refractivity contribution in [2.45, 2.75) is 18.0 Å². The number of ketones is 3. The second-order valence-corrected chi connectivity index (χ2v) is 11.1. The van der Waals surface area contributed by atoms with Crippen LogP contribution in [0.2, 0.25) is 0 Å². The van der Waals surface area contributed by atoms with Gasteiger partial charge in [-0.25, -0.2) is 4.39 Å². The normalized spacial score (nSPS) is 20.7. The summed E-state index contributed by atoms with van der Waals surface area (Å²) in [6.45, 7) is 0. The highest BCUT2D eigenvalue weighted by Gasteiger charge is 2.72. The molecule has 220 valence electrons. The summed E-state index contributed by atoms with van der Waals surface area (Å²) in [6.07, 6.45) is 3.48. The molecule has 2 aliphatic heterocycles. The zero-order chi connectivity index (χ0) is 30.7. The van der Waals surface area contributed by atoms with E-state index in [1.807, 2.05) is 4.90 Å². The van der Waals surface area contributed by atoms with E-state index in [-0.39, 0.29) is 17.3 Å². The van der Waals surface area contributed by atoms with Crippen LogP contribution in [-0.4, -0.2) is 50.8 Å². The monoisotopic (exact) mass is 589 g/mol. The fourth-order valence-corrected chi connectivity index (χ4v) is 7.30. The van der Waals surface area contributed by atoms with Crippen molar-refractivity contribution < 1.29 is 33.0 Å². The summed E-state index contributed by atoms with van der Waals surface area (Å²) in [5.74, 6) is -1.05. The Kier molecular flexibility index (Phi) is 6.39. The van der Waals surface area contributed by atoms with Crippen LogP contribution >= 0.6 is 0 Å². The molecule has 1 saturated heterocycles. The van der Waals surface area contributed by atoms with Crippen molar-refractivity contribution in [1.82, 2.24) is 0 Å². The van der Waals surface area contributed by atoms with E-state index in [0.29, 0.717) is 50.8 Å². The molecule has 0 saturated carbocycles. The molecule has 0 amide bonds. The summed E-state index contributed by atoms with van der Waals surface area (Å²) in [5, 5.41) is 0. The molecule has 44 heavy (non-hydrogen) atoms. The van der Waals surface area contributed by atoms with Gasteiger partial charge in [-0.15, -0.1) is 0 Å². The van der Waals surface area contributed by atoms with Crippen LogP contribution in [0.1, 0.15) is 48.1 Å². The largest absolute Gasteiger partial charge is 0.497 e. The molecule has 0 bridgehead atoms. The van der Waals surface area contributed by atoms with Crippen molar-refractivity contribution in [2.24, 2.45) is 5.41 Å². The fraction of sp³-hybridized carbons (Fsp3) is 0.194. The van der Waals surface area contributed by atoms with Gasteiger partial charge in [0.15, 0.2) is 17.3 Å². The first-order chi connectivity index (χ1) is 21.3. The molecule has 1 spiro atoms. The van der Waals surface area contributed by atoms with Gasteiger partial charge >= 0.3 is 0 Å². The van der Waals surface area contributed by atoms with Gasteiger partial charge in [0.2, 0.25) is 0 Å². The minimum Gasteiger partial charge on any atom is -0.497 e. The predicted molar refractivity (Wildman–Crippen MR) is 163 cm³/mol. The number of fused-ring (bicyclic) bond motifs is 5. The van der Waals surface area contributed by atoms with Gasteiger partial charge in [-0.2, -0.15) is 0 Å². The van der Waals surface area contributed by atoms with Crippen molar-refractivity contribution in [3.63, 3.8) is 0 Å². The number of halogens is 1. The molecule has 1 fully saturated rings. The third-order valence-corrected chi connectivity index (χ3v) is 9.18. The number of anilines is 1. The third-order valence-electron chi connectivity index (χ3n) is 9.18. The summed E-state index contributed by atoms with van der Waals surface area (Å²) in [5.41, 5.74) is 0.814. The summed E-state index contributed by atoms with van der Waals surface area (Å²) >= 11 is 0. The maximum absolute atomic E-state index is 14.9. The van der Waals surface area contributed by atoms with Gasteiger partial charge in [0.25, 0.3) is 0 Å². The molecule has 0 aromatic heterocycles. The molecule has 3 aliphatic rings. The van der Waals surface area contributed by atoms with E-state index in [1.54, 1.807) is 92.1 Å². The topological polar surface area (TPSA) is 82.1 Å². The number of carbonyl (C=O) groups excluding carboxylic acids is 3. The van der Waals surface area contributed by atoms with Crippen LogP contribution in [0.3, 0.4) is 0 Å². The first-order valence-corrected chi connectivity index (χ1v) is 14.2. The standard InChI is InChI=1S/C36H28FNO6/c1-42-23-12-8-20(9-13-23)33(39)32-31(27-19-24(43-2)14-16-29(27)44-3)36(34(40)25-6-4-5-7-26(25)35(36)41)30-17-10-21-18-22(37)11-15-28(21)38(30)32/h4-19,30-32H,1-3H3/t30-,31-,32+/m0/s1. The average molecular weight is 590 g/mol. The predicted octanol–water partition coefficient (Wildman–Crippen LogP) is 6.17. The number of rotatable bonds is 6. The zero-order valence-electron chi connectivity index (χ0n) is 24.2. The van der Waals surface area contributed by atoms with E-state index in [1.165, 1.54) is 26.4 Å². The average Bonchev–Trinajstić information content (AvgIpc) is 3.49. The maximum Gasteiger partial charge on any atom is 0.185 e. The molecule has 4 aromatic rings. The number of hydrogen-bond acceptors (Lipinski definition) is 7. The van der Waals surface area contributed by atoms with Crippen molar-refractivity contribution in [3.8, 4) is 17.2 Å². The smallest absolute Gasteiger partial charge is 0.185 e. The molecule has 0 unspecified atom stereocenters. The molecule has 0 radical (unpaired) electrons. The number of ether oxygens (including phenoxy) is 3. The van der Waals surface area contributed by atoms with Crippen LogP contribution in [0.4, 0.5) is 10.1 Å². The Morgan fingerprint density at radius 1 is 0.795 bits per heavy atom. The molecule has 7 nitrogen and oxygen atoms in total. The zero-order valence-corrected chi connectivity index (χ0v) is 24.2. The Morgan fingerprint density at radius 3 is 2.09 bits per heavy atom. The number of Topliss-reactive ketones (excluding diaryl/α,β-unsaturated/α-hetero) is 3. The van der Waals surface area contributed by atoms with E-state index in [0.717, 1.165) is 0 Å². The molecular formula is C36H28FNO6. The Morgan fingerprint density at radius 2 is 1.45 bits per heavy atom. The van der Waals surface area contributed by atoms with E-state index in [4.69, 9.17) is 14.2 Å². The molecular weight excluding hydrogens is 561 g/mol. The van der Waals surface area contributed by atoms with Crippen molar-refractivity contribution in [3.05, 3.63) is 125 Å². The molecule has 0 N–H and O–H groups in total. The van der Waals surface area contributed by atoms with E-state index < -0.39 is 29.2 Å². The Bertz CT molecular complexity index is 1850. The van der Waals surface area contributed by atoms with Crippen LogP contribution in [0.15, 0.2) is 91.0 Å². The second-order valence-electron chi connectivity index (χ2n) is 11.1. The highest BCUT2D eigenvalue weighted by atomic mass is 19.1. The SMILES string of the molecule is COc1ccc(C(=O)[C@H]2[C@H](c3cc(OC)ccc3OC)C3(C(=O)c4ccccc4C3=O)[C@@H]3C=Cc4cc(F)ccc4N32)cc1. The third kappa shape index (κ3) is 3.70. The van der Waals surface area contributed by atoms with Gasteiger partial charge in [0.1, 0.15) is 34.5 Å². The quantitative estimate of drug-likeness (QED) is 0.197. The first kappa shape index (κ1) is 27.6. The summed E-state index contributed by atoms with van der Waals surface area (Å²) < 4.78 is 31.2. The molecule has 8 heteroatoms. The van der Waals surface area contributed by atoms with Gasteiger partial charge in [-0.05, 0) is 60.7 Å². The van der Waals surface area contributed by atoms with Crippen LogP contribution in [0.25, 0.3) is 6.08 Å². The van der Waals surface area contributed by atoms with Crippen LogP contribution in [0, 0.1) is 11.2 Å². The van der Waals surface area contributed by atoms with Crippen molar-refractivity contribution in [2.75, 3.05) is 26.2 Å². The highest BCUT2D eigenvalue weighted by molar-refractivity contribution is 6.32. The van der Waals surface area contributed by atoms with Crippen molar-refractivity contribution >= 4 is 29.1 Å². The number of carbonyl (C=O) groups is 3. The lowest BCUT2D eigenvalue weighted by Gasteiger charge is -2.37. The van der Waals surface area contributed by atoms with E-state index in [9.17, 15) is 18.8 Å². The number of methoxy groups -OCH3 is 3.